The maximum atomic E-state index is 12.7. The number of thiazole rings is 1. The molecule has 0 saturated carbocycles. The molecule has 1 atom stereocenters. The van der Waals surface area contributed by atoms with E-state index in [2.05, 4.69) is 25.5 Å². The zero-order chi connectivity index (χ0) is 19.5. The first-order valence-corrected chi connectivity index (χ1v) is 10.6. The van der Waals surface area contributed by atoms with Crippen LogP contribution < -0.4 is 5.32 Å². The molecule has 28 heavy (non-hydrogen) atoms. The lowest BCUT2D eigenvalue weighted by atomic mass is 10.2. The Balaban J connectivity index is 1.46. The predicted molar refractivity (Wildman–Crippen MR) is 113 cm³/mol. The monoisotopic (exact) mass is 428 g/mol. The third-order valence-corrected chi connectivity index (χ3v) is 6.16. The molecule has 0 aliphatic heterocycles. The van der Waals surface area contributed by atoms with Crippen LogP contribution in [0.1, 0.15) is 18.0 Å². The van der Waals surface area contributed by atoms with Crippen molar-refractivity contribution in [3.8, 4) is 22.0 Å². The molecule has 4 aromatic heterocycles. The fourth-order valence-electron chi connectivity index (χ4n) is 2.72. The van der Waals surface area contributed by atoms with Crippen molar-refractivity contribution in [3.05, 3.63) is 57.2 Å². The number of carbonyl (C=O) groups excluding carboxylic acids is 1. The highest BCUT2D eigenvalue weighted by atomic mass is 32.1. The van der Waals surface area contributed by atoms with Gasteiger partial charge >= 0.3 is 0 Å². The quantitative estimate of drug-likeness (QED) is 0.452. The third-order valence-electron chi connectivity index (χ3n) is 4.15. The maximum absolute atomic E-state index is 12.7. The standard InChI is InChI=1S/C18H16N6OS3/c1-11(24-16(22-23-18(24)26)14-3-2-8-27-14)17(25)20-9-15-21-13(10-28-15)12-4-6-19-7-5-12/h2-8,10-11H,9H2,1H3,(H,20,25)(H,23,26). The molecule has 0 aliphatic rings. The number of carbonyl (C=O) groups is 1. The summed E-state index contributed by atoms with van der Waals surface area (Å²) in [7, 11) is 0. The van der Waals surface area contributed by atoms with Gasteiger partial charge in [0.05, 0.1) is 17.1 Å². The summed E-state index contributed by atoms with van der Waals surface area (Å²) in [6.45, 7) is 2.17. The van der Waals surface area contributed by atoms with Gasteiger partial charge in [-0.2, -0.15) is 5.10 Å². The summed E-state index contributed by atoms with van der Waals surface area (Å²) in [4.78, 5) is 22.3. The van der Waals surface area contributed by atoms with E-state index in [1.165, 1.54) is 11.3 Å². The van der Waals surface area contributed by atoms with Crippen LogP contribution >= 0.6 is 34.9 Å². The molecule has 1 amide bonds. The van der Waals surface area contributed by atoms with Gasteiger partial charge in [-0.3, -0.25) is 19.4 Å². The minimum absolute atomic E-state index is 0.143. The third kappa shape index (κ3) is 3.79. The lowest BCUT2D eigenvalue weighted by molar-refractivity contribution is -0.124. The Morgan fingerprint density at radius 1 is 1.32 bits per heavy atom. The van der Waals surface area contributed by atoms with Gasteiger partial charge in [-0.15, -0.1) is 22.7 Å². The fraction of sp³-hybridized carbons (Fsp3) is 0.167. The molecule has 0 fully saturated rings. The van der Waals surface area contributed by atoms with Crippen molar-refractivity contribution in [2.75, 3.05) is 0 Å². The Morgan fingerprint density at radius 2 is 2.14 bits per heavy atom. The molecule has 1 unspecified atom stereocenters. The van der Waals surface area contributed by atoms with Gasteiger partial charge in [0.2, 0.25) is 5.91 Å². The largest absolute Gasteiger partial charge is 0.348 e. The molecule has 0 aliphatic carbocycles. The number of rotatable bonds is 6. The number of pyridine rings is 1. The van der Waals surface area contributed by atoms with E-state index in [1.807, 2.05) is 41.9 Å². The van der Waals surface area contributed by atoms with E-state index < -0.39 is 6.04 Å². The van der Waals surface area contributed by atoms with Gasteiger partial charge in [0.15, 0.2) is 10.6 Å². The number of aromatic nitrogens is 5. The highest BCUT2D eigenvalue weighted by Crippen LogP contribution is 2.26. The molecule has 2 N–H and O–H groups in total. The topological polar surface area (TPSA) is 88.5 Å². The molecule has 0 bridgehead atoms. The van der Waals surface area contributed by atoms with Crippen LogP contribution in [0.4, 0.5) is 0 Å². The van der Waals surface area contributed by atoms with Gasteiger partial charge in [-0.05, 0) is 42.7 Å². The summed E-state index contributed by atoms with van der Waals surface area (Å²) in [6.07, 6.45) is 3.47. The second kappa shape index (κ2) is 8.13. The number of aromatic amines is 1. The lowest BCUT2D eigenvalue weighted by Gasteiger charge is -2.14. The Bertz CT molecular complexity index is 1130. The summed E-state index contributed by atoms with van der Waals surface area (Å²) in [5, 5.41) is 14.8. The first kappa shape index (κ1) is 18.7. The fourth-order valence-corrected chi connectivity index (χ4v) is 4.46. The van der Waals surface area contributed by atoms with E-state index in [9.17, 15) is 4.79 Å². The van der Waals surface area contributed by atoms with Gasteiger partial charge < -0.3 is 5.32 Å². The average molecular weight is 429 g/mol. The highest BCUT2D eigenvalue weighted by molar-refractivity contribution is 7.71. The zero-order valence-corrected chi connectivity index (χ0v) is 17.3. The van der Waals surface area contributed by atoms with E-state index in [-0.39, 0.29) is 5.91 Å². The maximum Gasteiger partial charge on any atom is 0.243 e. The van der Waals surface area contributed by atoms with Crippen molar-refractivity contribution in [2.24, 2.45) is 0 Å². The van der Waals surface area contributed by atoms with Gasteiger partial charge in [0, 0.05) is 23.3 Å². The van der Waals surface area contributed by atoms with Crippen molar-refractivity contribution < 1.29 is 4.79 Å². The minimum Gasteiger partial charge on any atom is -0.348 e. The smallest absolute Gasteiger partial charge is 0.243 e. The molecule has 10 heteroatoms. The van der Waals surface area contributed by atoms with Crippen molar-refractivity contribution in [2.45, 2.75) is 19.5 Å². The zero-order valence-electron chi connectivity index (χ0n) is 14.8. The average Bonchev–Trinajstić information content (AvgIpc) is 3.47. The molecule has 142 valence electrons. The van der Waals surface area contributed by atoms with Crippen LogP contribution in [0, 0.1) is 4.77 Å². The van der Waals surface area contributed by atoms with Crippen molar-refractivity contribution >= 4 is 40.8 Å². The van der Waals surface area contributed by atoms with Crippen molar-refractivity contribution in [1.29, 1.82) is 0 Å². The van der Waals surface area contributed by atoms with Crippen LogP contribution in [-0.4, -0.2) is 30.6 Å². The van der Waals surface area contributed by atoms with Crippen molar-refractivity contribution in [1.82, 2.24) is 30.0 Å². The normalized spacial score (nSPS) is 12.0. The van der Waals surface area contributed by atoms with Crippen LogP contribution in [0.15, 0.2) is 47.4 Å². The van der Waals surface area contributed by atoms with E-state index >= 15 is 0 Å². The van der Waals surface area contributed by atoms with Crippen LogP contribution in [-0.2, 0) is 11.3 Å². The molecular formula is C18H16N6OS3. The number of amides is 1. The summed E-state index contributed by atoms with van der Waals surface area (Å²) < 4.78 is 2.15. The first-order valence-electron chi connectivity index (χ1n) is 8.47. The second-order valence-electron chi connectivity index (χ2n) is 5.96. The molecule has 4 heterocycles. The van der Waals surface area contributed by atoms with Gasteiger partial charge in [0.1, 0.15) is 11.0 Å². The predicted octanol–water partition coefficient (Wildman–Crippen LogP) is 4.07. The van der Waals surface area contributed by atoms with Crippen LogP contribution in [0.3, 0.4) is 0 Å². The summed E-state index contributed by atoms with van der Waals surface area (Å²) in [5.41, 5.74) is 1.88. The molecule has 4 rings (SSSR count). The Hall–Kier alpha value is -2.69. The van der Waals surface area contributed by atoms with Crippen molar-refractivity contribution in [3.63, 3.8) is 0 Å². The number of hydrogen-bond acceptors (Lipinski definition) is 7. The Labute approximate surface area is 174 Å². The lowest BCUT2D eigenvalue weighted by Crippen LogP contribution is -2.31. The van der Waals surface area contributed by atoms with Gasteiger partial charge in [-0.1, -0.05) is 6.07 Å². The molecule has 0 spiro atoms. The number of nitrogens with one attached hydrogen (secondary N) is 2. The molecular weight excluding hydrogens is 412 g/mol. The summed E-state index contributed by atoms with van der Waals surface area (Å²) in [5.74, 6) is 0.521. The van der Waals surface area contributed by atoms with Crippen LogP contribution in [0.25, 0.3) is 22.0 Å². The van der Waals surface area contributed by atoms with Crippen LogP contribution in [0.5, 0.6) is 0 Å². The Morgan fingerprint density at radius 3 is 2.89 bits per heavy atom. The number of nitrogens with zero attached hydrogens (tertiary/aromatic N) is 4. The Kier molecular flexibility index (Phi) is 5.42. The SMILES string of the molecule is CC(C(=O)NCc1nc(-c2ccncc2)cs1)n1c(-c2cccs2)n[nH]c1=S. The summed E-state index contributed by atoms with van der Waals surface area (Å²) >= 11 is 8.39. The molecule has 0 saturated heterocycles. The van der Waals surface area contributed by atoms with Crippen LogP contribution in [0.2, 0.25) is 0 Å². The second-order valence-corrected chi connectivity index (χ2v) is 8.23. The van der Waals surface area contributed by atoms with Gasteiger partial charge in [0.25, 0.3) is 0 Å². The summed E-state index contributed by atoms with van der Waals surface area (Å²) in [6, 6.07) is 7.21. The molecule has 0 radical (unpaired) electrons. The van der Waals surface area contributed by atoms with Gasteiger partial charge in [-0.25, -0.2) is 4.98 Å². The van der Waals surface area contributed by atoms with E-state index in [1.54, 1.807) is 28.3 Å². The first-order chi connectivity index (χ1) is 13.6. The molecule has 7 nitrogen and oxygen atoms in total. The highest BCUT2D eigenvalue weighted by Gasteiger charge is 2.21. The minimum atomic E-state index is -0.497. The number of hydrogen-bond donors (Lipinski definition) is 2. The number of thiophene rings is 1. The van der Waals surface area contributed by atoms with E-state index in [0.717, 1.165) is 21.1 Å². The van der Waals surface area contributed by atoms with E-state index in [0.29, 0.717) is 17.1 Å². The van der Waals surface area contributed by atoms with E-state index in [4.69, 9.17) is 12.2 Å². The number of H-pyrrole nitrogens is 1. The molecule has 4 aromatic rings. The molecule has 0 aromatic carbocycles.